The van der Waals surface area contributed by atoms with Gasteiger partial charge in [-0.1, -0.05) is 89.7 Å². The second-order valence-electron chi connectivity index (χ2n) is 11.6. The van der Waals surface area contributed by atoms with Gasteiger partial charge >= 0.3 is 0 Å². The molecule has 2 aliphatic rings. The Morgan fingerprint density at radius 2 is 1.66 bits per heavy atom. The second-order valence-corrected chi connectivity index (χ2v) is 12.8. The lowest BCUT2D eigenvalue weighted by molar-refractivity contribution is -0.143. The van der Waals surface area contributed by atoms with Gasteiger partial charge < -0.3 is 25.2 Å². The molecule has 3 N–H and O–H groups in total. The van der Waals surface area contributed by atoms with Crippen molar-refractivity contribution >= 4 is 34.4 Å². The van der Waals surface area contributed by atoms with Gasteiger partial charge in [-0.3, -0.25) is 9.59 Å². The van der Waals surface area contributed by atoms with Gasteiger partial charge in [0.05, 0.1) is 16.2 Å². The number of amides is 2. The number of ether oxygens (including phenoxy) is 1. The van der Waals surface area contributed by atoms with Crippen LogP contribution in [0.1, 0.15) is 110 Å². The Morgan fingerprint density at radius 1 is 1.00 bits per heavy atom. The number of unbranched alkanes of at least 4 members (excludes halogenated alkanes) is 8. The van der Waals surface area contributed by atoms with Gasteiger partial charge in [0, 0.05) is 31.0 Å². The van der Waals surface area contributed by atoms with Gasteiger partial charge in [-0.05, 0) is 60.1 Å². The molecule has 230 valence electrons. The van der Waals surface area contributed by atoms with Crippen molar-refractivity contribution in [3.8, 4) is 5.75 Å². The van der Waals surface area contributed by atoms with Crippen LogP contribution in [0.2, 0.25) is 0 Å². The van der Waals surface area contributed by atoms with Crippen LogP contribution in [-0.4, -0.2) is 64.4 Å². The molecule has 0 aliphatic heterocycles. The predicted molar refractivity (Wildman–Crippen MR) is 172 cm³/mol. The van der Waals surface area contributed by atoms with Gasteiger partial charge in [-0.25, -0.2) is 0 Å². The first kappa shape index (κ1) is 33.8. The van der Waals surface area contributed by atoms with E-state index in [1.165, 1.54) is 38.5 Å². The van der Waals surface area contributed by atoms with E-state index in [1.807, 2.05) is 29.2 Å². The highest BCUT2D eigenvalue weighted by Gasteiger charge is 2.43. The zero-order valence-electron chi connectivity index (χ0n) is 24.9. The number of hydrogen-bond donors (Lipinski definition) is 3. The lowest BCUT2D eigenvalue weighted by Gasteiger charge is -2.45. The Morgan fingerprint density at radius 3 is 2.32 bits per heavy atom. The Balaban J connectivity index is 1.74. The molecular formula is C33H51IN2O5. The molecule has 8 heteroatoms. The molecule has 41 heavy (non-hydrogen) atoms. The van der Waals surface area contributed by atoms with Gasteiger partial charge in [0.25, 0.3) is 0 Å². The summed E-state index contributed by atoms with van der Waals surface area (Å²) in [4.78, 5) is 28.9. The third kappa shape index (κ3) is 10.8. The number of halogens is 1. The quantitative estimate of drug-likeness (QED) is 0.133. The highest BCUT2D eigenvalue weighted by Crippen LogP contribution is 2.34. The molecule has 3 unspecified atom stereocenters. The molecule has 3 rings (SSSR count). The summed E-state index contributed by atoms with van der Waals surface area (Å²) in [5.41, 5.74) is 0.487. The van der Waals surface area contributed by atoms with Crippen molar-refractivity contribution in [1.82, 2.24) is 10.2 Å². The zero-order chi connectivity index (χ0) is 29.5. The number of para-hydroxylation sites is 1. The van der Waals surface area contributed by atoms with Crippen LogP contribution in [0, 0.1) is 3.57 Å². The lowest BCUT2D eigenvalue weighted by atomic mass is 9.85. The molecular weight excluding hydrogens is 631 g/mol. The van der Waals surface area contributed by atoms with Crippen LogP contribution < -0.4 is 10.1 Å². The minimum absolute atomic E-state index is 0.0619. The van der Waals surface area contributed by atoms with E-state index in [9.17, 15) is 19.8 Å². The average Bonchev–Trinajstić information content (AvgIpc) is 2.98. The fraction of sp³-hybridized carbons (Fsp3) is 0.697. The van der Waals surface area contributed by atoms with E-state index in [4.69, 9.17) is 4.74 Å². The van der Waals surface area contributed by atoms with E-state index in [0.29, 0.717) is 17.7 Å². The molecule has 1 aromatic rings. The Hall–Kier alpha value is -1.65. The molecule has 3 atom stereocenters. The summed E-state index contributed by atoms with van der Waals surface area (Å²) in [7, 11) is 0. The summed E-state index contributed by atoms with van der Waals surface area (Å²) < 4.78 is 7.20. The van der Waals surface area contributed by atoms with Crippen molar-refractivity contribution in [3.05, 3.63) is 39.5 Å². The number of carbonyl (C=O) groups is 2. The van der Waals surface area contributed by atoms with Crippen LogP contribution in [0.3, 0.4) is 0 Å². The Kier molecular flexibility index (Phi) is 15.5. The molecule has 1 fully saturated rings. The topological polar surface area (TPSA) is 99.1 Å². The molecule has 1 aromatic carbocycles. The average molecular weight is 683 g/mol. The summed E-state index contributed by atoms with van der Waals surface area (Å²) in [6.07, 6.45) is 16.6. The monoisotopic (exact) mass is 682 g/mol. The smallest absolute Gasteiger partial charge is 0.247 e. The number of carbonyl (C=O) groups excluding carboxylic acids is 2. The molecule has 7 nitrogen and oxygen atoms in total. The number of benzene rings is 1. The Labute approximate surface area is 260 Å². The first-order valence-corrected chi connectivity index (χ1v) is 17.0. The first-order chi connectivity index (χ1) is 20.0. The van der Waals surface area contributed by atoms with Crippen LogP contribution >= 0.6 is 22.6 Å². The van der Waals surface area contributed by atoms with Crippen molar-refractivity contribution in [1.29, 1.82) is 0 Å². The van der Waals surface area contributed by atoms with Crippen LogP contribution in [-0.2, 0) is 9.59 Å². The van der Waals surface area contributed by atoms with Crippen molar-refractivity contribution in [3.63, 3.8) is 0 Å². The molecule has 0 aromatic heterocycles. The number of nitrogens with zero attached hydrogens (tertiary/aromatic N) is 1. The van der Waals surface area contributed by atoms with E-state index in [-0.39, 0.29) is 37.4 Å². The summed E-state index contributed by atoms with van der Waals surface area (Å²) in [5.74, 6) is 0.422. The van der Waals surface area contributed by atoms with Crippen LogP contribution in [0.15, 0.2) is 35.9 Å². The molecule has 0 heterocycles. The normalized spacial score (nSPS) is 21.3. The van der Waals surface area contributed by atoms with Crippen molar-refractivity contribution in [2.24, 2.45) is 0 Å². The third-order valence-electron chi connectivity index (χ3n) is 8.42. The number of aliphatic hydroxyl groups excluding tert-OH is 2. The van der Waals surface area contributed by atoms with E-state index in [1.54, 1.807) is 6.08 Å². The Bertz CT molecular complexity index is 965. The first-order valence-electron chi connectivity index (χ1n) is 16.0. The summed E-state index contributed by atoms with van der Waals surface area (Å²) in [6.45, 7) is 2.23. The number of nitrogens with one attached hydrogen (secondary N) is 1. The zero-order valence-corrected chi connectivity index (χ0v) is 27.0. The molecule has 0 bridgehead atoms. The van der Waals surface area contributed by atoms with E-state index < -0.39 is 18.2 Å². The van der Waals surface area contributed by atoms with Gasteiger partial charge in [0.15, 0.2) is 0 Å². The molecule has 0 radical (unpaired) electrons. The molecule has 2 aliphatic carbocycles. The summed E-state index contributed by atoms with van der Waals surface area (Å²) >= 11 is 2.20. The van der Waals surface area contributed by atoms with Gasteiger partial charge in [-0.15, -0.1) is 0 Å². The molecule has 1 saturated carbocycles. The van der Waals surface area contributed by atoms with Gasteiger partial charge in [0.2, 0.25) is 11.8 Å². The number of hydrogen-bond acceptors (Lipinski definition) is 5. The maximum absolute atomic E-state index is 13.9. The highest BCUT2D eigenvalue weighted by molar-refractivity contribution is 14.1. The van der Waals surface area contributed by atoms with Crippen molar-refractivity contribution in [2.45, 2.75) is 134 Å². The largest absolute Gasteiger partial charge is 0.482 e. The number of aliphatic hydroxyl groups is 2. The van der Waals surface area contributed by atoms with Crippen LogP contribution in [0.5, 0.6) is 5.75 Å². The van der Waals surface area contributed by atoms with Gasteiger partial charge in [-0.2, -0.15) is 0 Å². The molecule has 0 spiro atoms. The second kappa shape index (κ2) is 18.8. The number of rotatable bonds is 17. The fourth-order valence-corrected chi connectivity index (χ4v) is 6.68. The predicted octanol–water partition coefficient (Wildman–Crippen LogP) is 6.29. The summed E-state index contributed by atoms with van der Waals surface area (Å²) in [5, 5.41) is 23.7. The van der Waals surface area contributed by atoms with Crippen molar-refractivity contribution in [2.75, 3.05) is 13.2 Å². The highest BCUT2D eigenvalue weighted by atomic mass is 127. The third-order valence-corrected chi connectivity index (χ3v) is 9.31. The van der Waals surface area contributed by atoms with Gasteiger partial charge in [0.1, 0.15) is 18.0 Å². The minimum atomic E-state index is -0.964. The van der Waals surface area contributed by atoms with E-state index >= 15 is 0 Å². The van der Waals surface area contributed by atoms with Crippen LogP contribution in [0.4, 0.5) is 0 Å². The molecule has 0 saturated heterocycles. The standard InChI is InChI=1S/C33H51IN2O5/c1-2-3-4-5-6-7-8-9-13-20-31(38)36(26-16-11-10-12-17-26)28-23-25(33(40)35-21-22-37)24-30(32(28)39)41-29-19-15-14-18-27(29)34/h14-15,18-19,24,26,28,30,32,37,39H,2-13,16-17,20-23H2,1H3,(H,35,40). The van der Waals surface area contributed by atoms with Crippen LogP contribution in [0.25, 0.3) is 0 Å². The van der Waals surface area contributed by atoms with E-state index in [0.717, 1.165) is 54.9 Å². The lowest BCUT2D eigenvalue weighted by Crippen LogP contribution is -2.58. The van der Waals surface area contributed by atoms with E-state index in [2.05, 4.69) is 34.8 Å². The fourth-order valence-electron chi connectivity index (χ4n) is 6.17. The van der Waals surface area contributed by atoms with Crippen molar-refractivity contribution < 1.29 is 24.5 Å². The summed E-state index contributed by atoms with van der Waals surface area (Å²) in [6, 6.07) is 7.11. The minimum Gasteiger partial charge on any atom is -0.482 e. The molecule has 2 amide bonds. The SMILES string of the molecule is CCCCCCCCCCCC(=O)N(C1CCCCC1)C1CC(C(=O)NCCO)=CC(Oc2ccccc2I)C1O. The maximum Gasteiger partial charge on any atom is 0.247 e. The maximum atomic E-state index is 13.9.